The second-order valence-corrected chi connectivity index (χ2v) is 5.38. The van der Waals surface area contributed by atoms with Gasteiger partial charge in [0.15, 0.2) is 11.0 Å². The van der Waals surface area contributed by atoms with E-state index in [-0.39, 0.29) is 11.5 Å². The summed E-state index contributed by atoms with van der Waals surface area (Å²) in [4.78, 5) is 30.7. The van der Waals surface area contributed by atoms with E-state index in [4.69, 9.17) is 5.73 Å². The van der Waals surface area contributed by atoms with E-state index in [9.17, 15) is 9.59 Å². The maximum absolute atomic E-state index is 12.0. The Morgan fingerprint density at radius 2 is 2.10 bits per heavy atom. The van der Waals surface area contributed by atoms with E-state index in [1.54, 1.807) is 30.3 Å². The molecule has 21 heavy (non-hydrogen) atoms. The van der Waals surface area contributed by atoms with Crippen LogP contribution in [0.25, 0.3) is 0 Å². The van der Waals surface area contributed by atoms with Crippen LogP contribution in [0.15, 0.2) is 40.3 Å². The molecule has 0 spiro atoms. The number of carbonyl (C=O) groups excluding carboxylic acids is 1. The number of thioether (sulfide) groups is 1. The number of carbonyl (C=O) groups is 1. The molecular formula is C14H16N4O2S. The molecule has 0 aliphatic rings. The van der Waals surface area contributed by atoms with Gasteiger partial charge in [0.25, 0.3) is 11.5 Å². The van der Waals surface area contributed by atoms with Gasteiger partial charge in [-0.15, -0.1) is 0 Å². The van der Waals surface area contributed by atoms with Crippen LogP contribution in [0, 0.1) is 0 Å². The SMILES string of the molecule is CCCSc1nc(N)c(NC(=O)c2ccccc2)c(=O)[nH]1. The Labute approximate surface area is 126 Å². The summed E-state index contributed by atoms with van der Waals surface area (Å²) in [5.74, 6) is 0.447. The van der Waals surface area contributed by atoms with Gasteiger partial charge >= 0.3 is 0 Å². The Morgan fingerprint density at radius 3 is 2.71 bits per heavy atom. The van der Waals surface area contributed by atoms with Crippen LogP contribution in [0.1, 0.15) is 23.7 Å². The standard InChI is InChI=1S/C14H16N4O2S/c1-2-8-21-14-17-11(15)10(13(20)18-14)16-12(19)9-6-4-3-5-7-9/h3-7H,2,8H2,1H3,(H,16,19)(H3,15,17,18,20). The number of nitrogens with zero attached hydrogens (tertiary/aromatic N) is 1. The minimum Gasteiger partial charge on any atom is -0.382 e. The maximum atomic E-state index is 12.0. The number of aromatic nitrogens is 2. The van der Waals surface area contributed by atoms with Crippen LogP contribution >= 0.6 is 11.8 Å². The van der Waals surface area contributed by atoms with E-state index < -0.39 is 11.5 Å². The van der Waals surface area contributed by atoms with E-state index in [2.05, 4.69) is 15.3 Å². The molecule has 0 unspecified atom stereocenters. The molecule has 1 aromatic carbocycles. The quantitative estimate of drug-likeness (QED) is 0.580. The summed E-state index contributed by atoms with van der Waals surface area (Å²) >= 11 is 1.41. The fourth-order valence-corrected chi connectivity index (χ4v) is 2.36. The Balaban J connectivity index is 2.21. The fraction of sp³-hybridized carbons (Fsp3) is 0.214. The van der Waals surface area contributed by atoms with Crippen molar-refractivity contribution in [2.24, 2.45) is 0 Å². The van der Waals surface area contributed by atoms with Gasteiger partial charge in [-0.3, -0.25) is 14.6 Å². The van der Waals surface area contributed by atoms with Crippen molar-refractivity contribution < 1.29 is 4.79 Å². The lowest BCUT2D eigenvalue weighted by molar-refractivity contribution is 0.102. The summed E-state index contributed by atoms with van der Waals surface area (Å²) in [5.41, 5.74) is 5.73. The Bertz CT molecular complexity index is 685. The number of amides is 1. The first kappa shape index (κ1) is 15.1. The first-order valence-corrected chi connectivity index (χ1v) is 7.49. The number of aromatic amines is 1. The van der Waals surface area contributed by atoms with Gasteiger partial charge in [-0.2, -0.15) is 0 Å². The zero-order chi connectivity index (χ0) is 15.2. The number of nitrogen functional groups attached to an aromatic ring is 1. The van der Waals surface area contributed by atoms with Crippen molar-refractivity contribution in [1.82, 2.24) is 9.97 Å². The number of nitrogens with one attached hydrogen (secondary N) is 2. The molecule has 110 valence electrons. The molecule has 0 saturated carbocycles. The molecular weight excluding hydrogens is 288 g/mol. The van der Waals surface area contributed by atoms with Crippen molar-refractivity contribution in [2.45, 2.75) is 18.5 Å². The molecule has 7 heteroatoms. The molecule has 0 radical (unpaired) electrons. The summed E-state index contributed by atoms with van der Waals surface area (Å²) in [6.07, 6.45) is 0.959. The molecule has 0 saturated heterocycles. The molecule has 2 aromatic rings. The molecule has 0 fully saturated rings. The average Bonchev–Trinajstić information content (AvgIpc) is 2.49. The van der Waals surface area contributed by atoms with Gasteiger partial charge in [-0.25, -0.2) is 4.98 Å². The monoisotopic (exact) mass is 304 g/mol. The third-order valence-corrected chi connectivity index (χ3v) is 3.72. The van der Waals surface area contributed by atoms with Crippen LogP contribution in [-0.2, 0) is 0 Å². The Kier molecular flexibility index (Phi) is 4.99. The van der Waals surface area contributed by atoms with Crippen LogP contribution in [-0.4, -0.2) is 21.6 Å². The van der Waals surface area contributed by atoms with E-state index in [0.29, 0.717) is 10.7 Å². The second kappa shape index (κ2) is 6.94. The summed E-state index contributed by atoms with van der Waals surface area (Å²) in [6, 6.07) is 8.59. The van der Waals surface area contributed by atoms with Crippen LogP contribution in [0.2, 0.25) is 0 Å². The van der Waals surface area contributed by atoms with E-state index in [1.165, 1.54) is 11.8 Å². The van der Waals surface area contributed by atoms with Crippen LogP contribution < -0.4 is 16.6 Å². The smallest absolute Gasteiger partial charge is 0.277 e. The van der Waals surface area contributed by atoms with Crippen LogP contribution in [0.3, 0.4) is 0 Å². The van der Waals surface area contributed by atoms with E-state index >= 15 is 0 Å². The number of benzene rings is 1. The van der Waals surface area contributed by atoms with Gasteiger partial charge < -0.3 is 11.1 Å². The predicted octanol–water partition coefficient (Wildman–Crippen LogP) is 2.11. The molecule has 0 bridgehead atoms. The molecule has 1 aromatic heterocycles. The number of rotatable bonds is 5. The number of anilines is 2. The minimum atomic E-state index is -0.453. The molecule has 0 aliphatic carbocycles. The lowest BCUT2D eigenvalue weighted by Gasteiger charge is -2.08. The van der Waals surface area contributed by atoms with Crippen LogP contribution in [0.4, 0.5) is 11.5 Å². The van der Waals surface area contributed by atoms with Crippen molar-refractivity contribution >= 4 is 29.2 Å². The number of hydrogen-bond acceptors (Lipinski definition) is 5. The summed E-state index contributed by atoms with van der Waals surface area (Å²) in [6.45, 7) is 2.03. The predicted molar refractivity (Wildman–Crippen MR) is 84.7 cm³/mol. The zero-order valence-corrected chi connectivity index (χ0v) is 12.4. The Morgan fingerprint density at radius 1 is 1.38 bits per heavy atom. The van der Waals surface area contributed by atoms with Gasteiger partial charge in [0.05, 0.1) is 0 Å². The second-order valence-electron chi connectivity index (χ2n) is 4.30. The lowest BCUT2D eigenvalue weighted by atomic mass is 10.2. The zero-order valence-electron chi connectivity index (χ0n) is 11.6. The average molecular weight is 304 g/mol. The minimum absolute atomic E-state index is 0.0154. The molecule has 0 aliphatic heterocycles. The number of hydrogen-bond donors (Lipinski definition) is 3. The topological polar surface area (TPSA) is 101 Å². The Hall–Kier alpha value is -2.28. The molecule has 1 heterocycles. The summed E-state index contributed by atoms with van der Waals surface area (Å²) < 4.78 is 0. The largest absolute Gasteiger partial charge is 0.382 e. The molecule has 1 amide bonds. The first-order chi connectivity index (χ1) is 10.1. The van der Waals surface area contributed by atoms with Gasteiger partial charge in [-0.05, 0) is 18.6 Å². The highest BCUT2D eigenvalue weighted by molar-refractivity contribution is 7.99. The molecule has 4 N–H and O–H groups in total. The van der Waals surface area contributed by atoms with Crippen molar-refractivity contribution in [1.29, 1.82) is 0 Å². The van der Waals surface area contributed by atoms with Gasteiger partial charge in [0.1, 0.15) is 5.69 Å². The third kappa shape index (κ3) is 3.85. The van der Waals surface area contributed by atoms with Crippen molar-refractivity contribution in [3.63, 3.8) is 0 Å². The maximum Gasteiger partial charge on any atom is 0.277 e. The highest BCUT2D eigenvalue weighted by Crippen LogP contribution is 2.17. The fourth-order valence-electron chi connectivity index (χ4n) is 1.63. The molecule has 0 atom stereocenters. The van der Waals surface area contributed by atoms with Crippen LogP contribution in [0.5, 0.6) is 0 Å². The van der Waals surface area contributed by atoms with Crippen molar-refractivity contribution in [3.05, 3.63) is 46.2 Å². The van der Waals surface area contributed by atoms with E-state index in [0.717, 1.165) is 12.2 Å². The highest BCUT2D eigenvalue weighted by Gasteiger charge is 2.13. The van der Waals surface area contributed by atoms with Gasteiger partial charge in [0, 0.05) is 11.3 Å². The van der Waals surface area contributed by atoms with E-state index in [1.807, 2.05) is 6.92 Å². The number of nitrogens with two attached hydrogens (primary N) is 1. The first-order valence-electron chi connectivity index (χ1n) is 6.50. The normalized spacial score (nSPS) is 10.3. The van der Waals surface area contributed by atoms with Gasteiger partial charge in [-0.1, -0.05) is 36.9 Å². The summed E-state index contributed by atoms with van der Waals surface area (Å²) in [7, 11) is 0. The van der Waals surface area contributed by atoms with Gasteiger partial charge in [0.2, 0.25) is 0 Å². The molecule has 2 rings (SSSR count). The number of H-pyrrole nitrogens is 1. The third-order valence-electron chi connectivity index (χ3n) is 2.64. The molecule has 6 nitrogen and oxygen atoms in total. The van der Waals surface area contributed by atoms with Crippen molar-refractivity contribution in [3.8, 4) is 0 Å². The summed E-state index contributed by atoms with van der Waals surface area (Å²) in [5, 5.41) is 2.95. The lowest BCUT2D eigenvalue weighted by Crippen LogP contribution is -2.23. The highest BCUT2D eigenvalue weighted by atomic mass is 32.2. The van der Waals surface area contributed by atoms with Crippen molar-refractivity contribution in [2.75, 3.05) is 16.8 Å².